The van der Waals surface area contributed by atoms with Gasteiger partial charge in [-0.25, -0.2) is 0 Å². The van der Waals surface area contributed by atoms with E-state index >= 15 is 0 Å². The summed E-state index contributed by atoms with van der Waals surface area (Å²) in [6.45, 7) is 4.52. The highest BCUT2D eigenvalue weighted by molar-refractivity contribution is 5.97. The van der Waals surface area contributed by atoms with Crippen molar-refractivity contribution in [3.05, 3.63) is 41.7 Å². The van der Waals surface area contributed by atoms with E-state index < -0.39 is 0 Å². The molecule has 0 bridgehead atoms. The Hall–Kier alpha value is -2.50. The Morgan fingerprint density at radius 3 is 2.62 bits per heavy atom. The number of nitrogen functional groups attached to an aromatic ring is 1. The van der Waals surface area contributed by atoms with Crippen molar-refractivity contribution in [2.24, 2.45) is 0 Å². The number of nitrogens with two attached hydrogens (primary N) is 1. The van der Waals surface area contributed by atoms with Gasteiger partial charge in [0.05, 0.1) is 18.8 Å². The van der Waals surface area contributed by atoms with Crippen molar-refractivity contribution in [1.29, 1.82) is 0 Å². The lowest BCUT2D eigenvalue weighted by molar-refractivity contribution is 0.0935. The Balaban J connectivity index is 2.08. The average Bonchev–Trinajstić information content (AvgIpc) is 2.88. The Labute approximate surface area is 123 Å². The van der Waals surface area contributed by atoms with Gasteiger partial charge in [0.25, 0.3) is 5.91 Å². The number of methoxy groups -OCH3 is 1. The maximum atomic E-state index is 12.2. The van der Waals surface area contributed by atoms with E-state index in [0.29, 0.717) is 12.2 Å². The molecule has 2 aromatic rings. The SMILES string of the molecule is CCn1cc(N)c(C(=O)NC(C)c2ccc(OC)cc2)n1. The molecule has 0 aliphatic carbocycles. The van der Waals surface area contributed by atoms with Gasteiger partial charge in [0.2, 0.25) is 0 Å². The van der Waals surface area contributed by atoms with Gasteiger partial charge in [-0.05, 0) is 31.5 Å². The minimum Gasteiger partial charge on any atom is -0.497 e. The van der Waals surface area contributed by atoms with Crippen molar-refractivity contribution in [3.63, 3.8) is 0 Å². The van der Waals surface area contributed by atoms with E-state index in [1.807, 2.05) is 38.1 Å². The molecule has 112 valence electrons. The molecule has 1 atom stereocenters. The summed E-state index contributed by atoms with van der Waals surface area (Å²) in [5.41, 5.74) is 7.44. The molecule has 0 saturated carbocycles. The van der Waals surface area contributed by atoms with Crippen LogP contribution < -0.4 is 15.8 Å². The molecule has 0 aliphatic heterocycles. The number of ether oxygens (including phenoxy) is 1. The number of anilines is 1. The summed E-state index contributed by atoms with van der Waals surface area (Å²) < 4.78 is 6.75. The molecule has 0 radical (unpaired) electrons. The van der Waals surface area contributed by atoms with Crippen LogP contribution in [0, 0.1) is 0 Å². The summed E-state index contributed by atoms with van der Waals surface area (Å²) in [4.78, 5) is 12.2. The average molecular weight is 288 g/mol. The smallest absolute Gasteiger partial charge is 0.274 e. The molecule has 0 fully saturated rings. The van der Waals surface area contributed by atoms with E-state index in [2.05, 4.69) is 10.4 Å². The minimum absolute atomic E-state index is 0.144. The van der Waals surface area contributed by atoms with Gasteiger partial charge in [-0.3, -0.25) is 9.48 Å². The molecule has 2 rings (SSSR count). The summed E-state index contributed by atoms with van der Waals surface area (Å²) >= 11 is 0. The van der Waals surface area contributed by atoms with E-state index in [9.17, 15) is 4.79 Å². The van der Waals surface area contributed by atoms with Gasteiger partial charge in [-0.1, -0.05) is 12.1 Å². The van der Waals surface area contributed by atoms with Crippen molar-refractivity contribution in [3.8, 4) is 5.75 Å². The molecule has 1 amide bonds. The van der Waals surface area contributed by atoms with Crippen molar-refractivity contribution in [1.82, 2.24) is 15.1 Å². The summed E-state index contributed by atoms with van der Waals surface area (Å²) in [5, 5.41) is 7.05. The van der Waals surface area contributed by atoms with Crippen LogP contribution in [0.25, 0.3) is 0 Å². The predicted molar refractivity (Wildman–Crippen MR) is 81.2 cm³/mol. The third-order valence-corrected chi connectivity index (χ3v) is 3.29. The molecule has 21 heavy (non-hydrogen) atoms. The second-order valence-electron chi connectivity index (χ2n) is 4.76. The van der Waals surface area contributed by atoms with E-state index in [0.717, 1.165) is 11.3 Å². The number of nitrogens with one attached hydrogen (secondary N) is 1. The van der Waals surface area contributed by atoms with Crippen LogP contribution in [0.3, 0.4) is 0 Å². The minimum atomic E-state index is -0.275. The number of benzene rings is 1. The van der Waals surface area contributed by atoms with Crippen LogP contribution >= 0.6 is 0 Å². The van der Waals surface area contributed by atoms with E-state index in [4.69, 9.17) is 10.5 Å². The van der Waals surface area contributed by atoms with Gasteiger partial charge in [0.1, 0.15) is 5.75 Å². The number of amides is 1. The fourth-order valence-electron chi connectivity index (χ4n) is 2.02. The van der Waals surface area contributed by atoms with Crippen LogP contribution in [-0.4, -0.2) is 22.8 Å². The Bertz CT molecular complexity index is 619. The number of aryl methyl sites for hydroxylation is 1. The molecule has 1 aromatic heterocycles. The maximum absolute atomic E-state index is 12.2. The van der Waals surface area contributed by atoms with E-state index in [1.54, 1.807) is 18.0 Å². The van der Waals surface area contributed by atoms with Crippen LogP contribution in [-0.2, 0) is 6.54 Å². The normalized spacial score (nSPS) is 12.0. The summed E-state index contributed by atoms with van der Waals surface area (Å²) in [7, 11) is 1.62. The second-order valence-corrected chi connectivity index (χ2v) is 4.76. The van der Waals surface area contributed by atoms with Crippen molar-refractivity contribution in [2.45, 2.75) is 26.4 Å². The first-order valence-electron chi connectivity index (χ1n) is 6.83. The highest BCUT2D eigenvalue weighted by Crippen LogP contribution is 2.18. The quantitative estimate of drug-likeness (QED) is 0.881. The molecule has 6 nitrogen and oxygen atoms in total. The Kier molecular flexibility index (Phi) is 4.47. The van der Waals surface area contributed by atoms with Gasteiger partial charge in [-0.2, -0.15) is 5.10 Å². The molecule has 6 heteroatoms. The van der Waals surface area contributed by atoms with Gasteiger partial charge in [0.15, 0.2) is 5.69 Å². The number of carbonyl (C=O) groups excluding carboxylic acids is 1. The zero-order valence-corrected chi connectivity index (χ0v) is 12.5. The number of aromatic nitrogens is 2. The summed E-state index contributed by atoms with van der Waals surface area (Å²) in [6.07, 6.45) is 1.66. The van der Waals surface area contributed by atoms with Crippen molar-refractivity contribution < 1.29 is 9.53 Å². The lowest BCUT2D eigenvalue weighted by Gasteiger charge is -2.14. The van der Waals surface area contributed by atoms with Gasteiger partial charge in [-0.15, -0.1) is 0 Å². The number of hydrogen-bond donors (Lipinski definition) is 2. The monoisotopic (exact) mass is 288 g/mol. The summed E-state index contributed by atoms with van der Waals surface area (Å²) in [6, 6.07) is 7.40. The first kappa shape index (κ1) is 14.9. The lowest BCUT2D eigenvalue weighted by Crippen LogP contribution is -2.27. The number of rotatable bonds is 5. The molecular formula is C15H20N4O2. The third-order valence-electron chi connectivity index (χ3n) is 3.29. The zero-order valence-electron chi connectivity index (χ0n) is 12.5. The van der Waals surface area contributed by atoms with Crippen molar-refractivity contribution >= 4 is 11.6 Å². The molecule has 1 aromatic carbocycles. The molecule has 0 spiro atoms. The van der Waals surface area contributed by atoms with Crippen LogP contribution in [0.5, 0.6) is 5.75 Å². The topological polar surface area (TPSA) is 82.2 Å². The number of hydrogen-bond acceptors (Lipinski definition) is 4. The maximum Gasteiger partial charge on any atom is 0.274 e. The standard InChI is InChI=1S/C15H20N4O2/c1-4-19-9-13(16)14(18-19)15(20)17-10(2)11-5-7-12(21-3)8-6-11/h5-10H,4,16H2,1-3H3,(H,17,20). The zero-order chi connectivity index (χ0) is 15.4. The summed E-state index contributed by atoms with van der Waals surface area (Å²) in [5.74, 6) is 0.506. The fourth-order valence-corrected chi connectivity index (χ4v) is 2.02. The number of nitrogens with zero attached hydrogens (tertiary/aromatic N) is 2. The van der Waals surface area contributed by atoms with E-state index in [-0.39, 0.29) is 17.6 Å². The van der Waals surface area contributed by atoms with Crippen LogP contribution in [0.4, 0.5) is 5.69 Å². The van der Waals surface area contributed by atoms with Gasteiger partial charge in [0, 0.05) is 12.7 Å². The molecular weight excluding hydrogens is 268 g/mol. The van der Waals surface area contributed by atoms with Crippen molar-refractivity contribution in [2.75, 3.05) is 12.8 Å². The van der Waals surface area contributed by atoms with Gasteiger partial charge < -0.3 is 15.8 Å². The Morgan fingerprint density at radius 2 is 2.10 bits per heavy atom. The Morgan fingerprint density at radius 1 is 1.43 bits per heavy atom. The van der Waals surface area contributed by atoms with Gasteiger partial charge >= 0.3 is 0 Å². The predicted octanol–water partition coefficient (Wildman–Crippen LogP) is 1.98. The van der Waals surface area contributed by atoms with Crippen LogP contribution in [0.1, 0.15) is 35.9 Å². The third kappa shape index (κ3) is 3.34. The highest BCUT2D eigenvalue weighted by Gasteiger charge is 2.17. The molecule has 0 aliphatic rings. The van der Waals surface area contributed by atoms with E-state index in [1.165, 1.54) is 0 Å². The molecule has 1 unspecified atom stereocenters. The molecule has 1 heterocycles. The molecule has 3 N–H and O–H groups in total. The first-order chi connectivity index (χ1) is 10.0. The van der Waals surface area contributed by atoms with Crippen LogP contribution in [0.15, 0.2) is 30.5 Å². The molecule has 0 saturated heterocycles. The highest BCUT2D eigenvalue weighted by atomic mass is 16.5. The first-order valence-corrected chi connectivity index (χ1v) is 6.83. The van der Waals surface area contributed by atoms with Crippen LogP contribution in [0.2, 0.25) is 0 Å². The second kappa shape index (κ2) is 6.30. The largest absolute Gasteiger partial charge is 0.497 e. The lowest BCUT2D eigenvalue weighted by atomic mass is 10.1. The number of carbonyl (C=O) groups is 1. The fraction of sp³-hybridized carbons (Fsp3) is 0.333.